The van der Waals surface area contributed by atoms with Crippen LogP contribution in [-0.2, 0) is 12.8 Å². The number of fused-ring (bicyclic) bond motifs is 1. The molecule has 0 saturated heterocycles. The summed E-state index contributed by atoms with van der Waals surface area (Å²) >= 11 is 1.79. The lowest BCUT2D eigenvalue weighted by Gasteiger charge is -2.15. The predicted molar refractivity (Wildman–Crippen MR) is 84.6 cm³/mol. The molecule has 1 atom stereocenters. The summed E-state index contributed by atoms with van der Waals surface area (Å²) in [4.78, 5) is 4.05. The zero-order chi connectivity index (χ0) is 13.8. The Balaban J connectivity index is 1.78. The van der Waals surface area contributed by atoms with Crippen molar-refractivity contribution in [1.82, 2.24) is 10.4 Å². The molecule has 0 spiro atoms. The van der Waals surface area contributed by atoms with Gasteiger partial charge in [-0.05, 0) is 52.9 Å². The third kappa shape index (κ3) is 2.88. The Hall–Kier alpha value is -1.75. The minimum atomic E-state index is 0.232. The number of nitrogens with one attached hydrogen (secondary N) is 1. The van der Waals surface area contributed by atoms with Crippen molar-refractivity contribution in [2.45, 2.75) is 18.9 Å². The first-order chi connectivity index (χ1) is 9.86. The minimum absolute atomic E-state index is 0.232. The van der Waals surface area contributed by atoms with Crippen molar-refractivity contribution in [2.75, 3.05) is 0 Å². The molecule has 0 amide bonds. The molecule has 0 aliphatic rings. The van der Waals surface area contributed by atoms with E-state index >= 15 is 0 Å². The van der Waals surface area contributed by atoms with E-state index in [-0.39, 0.29) is 6.04 Å². The van der Waals surface area contributed by atoms with Crippen molar-refractivity contribution in [3.63, 3.8) is 0 Å². The van der Waals surface area contributed by atoms with Gasteiger partial charge in [0, 0.05) is 23.1 Å². The van der Waals surface area contributed by atoms with Crippen molar-refractivity contribution < 1.29 is 0 Å². The molecule has 1 aromatic carbocycles. The first-order valence-electron chi connectivity index (χ1n) is 6.67. The lowest BCUT2D eigenvalue weighted by Crippen LogP contribution is -2.38. The molecule has 3 aromatic rings. The molecule has 2 heterocycles. The van der Waals surface area contributed by atoms with E-state index in [2.05, 4.69) is 40.1 Å². The highest BCUT2D eigenvalue weighted by atomic mass is 32.1. The fourth-order valence-corrected chi connectivity index (χ4v) is 3.43. The van der Waals surface area contributed by atoms with Gasteiger partial charge in [0.2, 0.25) is 0 Å². The Morgan fingerprint density at radius 3 is 2.70 bits per heavy atom. The number of hydrogen-bond donors (Lipinski definition) is 2. The standard InChI is InChI=1S/C16H17N3S/c17-19-14(9-12-5-7-18-8-6-12)10-13-11-20-16-4-2-1-3-15(13)16/h1-8,11,14,19H,9-10,17H2. The molecule has 20 heavy (non-hydrogen) atoms. The molecule has 1 unspecified atom stereocenters. The third-order valence-electron chi connectivity index (χ3n) is 3.49. The summed E-state index contributed by atoms with van der Waals surface area (Å²) in [5.41, 5.74) is 5.55. The maximum atomic E-state index is 5.72. The van der Waals surface area contributed by atoms with Crippen LogP contribution >= 0.6 is 11.3 Å². The first kappa shape index (κ1) is 13.2. The molecule has 102 valence electrons. The van der Waals surface area contributed by atoms with Crippen LogP contribution in [0.2, 0.25) is 0 Å². The molecular weight excluding hydrogens is 266 g/mol. The predicted octanol–water partition coefficient (Wildman–Crippen LogP) is 2.91. The maximum Gasteiger partial charge on any atom is 0.0345 e. The van der Waals surface area contributed by atoms with Crippen molar-refractivity contribution >= 4 is 21.4 Å². The average Bonchev–Trinajstić information content (AvgIpc) is 2.91. The molecule has 4 heteroatoms. The summed E-state index contributed by atoms with van der Waals surface area (Å²) in [5.74, 6) is 5.72. The van der Waals surface area contributed by atoms with Gasteiger partial charge in [-0.3, -0.25) is 16.3 Å². The molecule has 3 N–H and O–H groups in total. The third-order valence-corrected chi connectivity index (χ3v) is 4.51. The van der Waals surface area contributed by atoms with Gasteiger partial charge >= 0.3 is 0 Å². The van der Waals surface area contributed by atoms with Crippen LogP contribution in [0.15, 0.2) is 54.2 Å². The molecule has 0 radical (unpaired) electrons. The van der Waals surface area contributed by atoms with Gasteiger partial charge in [0.25, 0.3) is 0 Å². The van der Waals surface area contributed by atoms with Crippen LogP contribution in [0.1, 0.15) is 11.1 Å². The zero-order valence-electron chi connectivity index (χ0n) is 11.1. The fourth-order valence-electron chi connectivity index (χ4n) is 2.45. The molecule has 2 aromatic heterocycles. The minimum Gasteiger partial charge on any atom is -0.271 e. The van der Waals surface area contributed by atoms with Gasteiger partial charge in [-0.25, -0.2) is 0 Å². The summed E-state index contributed by atoms with van der Waals surface area (Å²) < 4.78 is 1.34. The van der Waals surface area contributed by atoms with E-state index < -0.39 is 0 Å². The first-order valence-corrected chi connectivity index (χ1v) is 7.55. The lowest BCUT2D eigenvalue weighted by atomic mass is 10.00. The van der Waals surface area contributed by atoms with E-state index in [1.807, 2.05) is 24.5 Å². The van der Waals surface area contributed by atoms with Crippen LogP contribution in [0.25, 0.3) is 10.1 Å². The van der Waals surface area contributed by atoms with E-state index in [1.54, 1.807) is 11.3 Å². The lowest BCUT2D eigenvalue weighted by molar-refractivity contribution is 0.524. The van der Waals surface area contributed by atoms with Crippen molar-refractivity contribution in [2.24, 2.45) is 5.84 Å². The Morgan fingerprint density at radius 1 is 1.10 bits per heavy atom. The normalized spacial score (nSPS) is 12.7. The molecular formula is C16H17N3S. The van der Waals surface area contributed by atoms with Gasteiger partial charge in [0.05, 0.1) is 0 Å². The van der Waals surface area contributed by atoms with Gasteiger partial charge in [0.15, 0.2) is 0 Å². The molecule has 0 bridgehead atoms. The molecule has 3 nitrogen and oxygen atoms in total. The van der Waals surface area contributed by atoms with Crippen LogP contribution in [0.3, 0.4) is 0 Å². The van der Waals surface area contributed by atoms with E-state index in [1.165, 1.54) is 21.2 Å². The number of benzene rings is 1. The monoisotopic (exact) mass is 283 g/mol. The summed E-state index contributed by atoms with van der Waals surface area (Å²) in [5, 5.41) is 3.58. The highest BCUT2D eigenvalue weighted by molar-refractivity contribution is 7.17. The largest absolute Gasteiger partial charge is 0.271 e. The Bertz CT molecular complexity index is 678. The molecule has 0 fully saturated rings. The van der Waals surface area contributed by atoms with Crippen LogP contribution in [0, 0.1) is 0 Å². The highest BCUT2D eigenvalue weighted by Crippen LogP contribution is 2.26. The summed E-state index contributed by atoms with van der Waals surface area (Å²) in [6, 6.07) is 12.8. The van der Waals surface area contributed by atoms with E-state index in [0.717, 1.165) is 12.8 Å². The van der Waals surface area contributed by atoms with E-state index in [0.29, 0.717) is 0 Å². The number of nitrogens with two attached hydrogens (primary N) is 1. The average molecular weight is 283 g/mol. The van der Waals surface area contributed by atoms with Crippen molar-refractivity contribution in [3.8, 4) is 0 Å². The zero-order valence-corrected chi connectivity index (χ0v) is 11.9. The second-order valence-corrected chi connectivity index (χ2v) is 5.80. The molecule has 3 rings (SSSR count). The second-order valence-electron chi connectivity index (χ2n) is 4.88. The van der Waals surface area contributed by atoms with Gasteiger partial charge < -0.3 is 0 Å². The van der Waals surface area contributed by atoms with Gasteiger partial charge in [-0.2, -0.15) is 0 Å². The molecule has 0 aliphatic heterocycles. The van der Waals surface area contributed by atoms with Crippen LogP contribution in [0.4, 0.5) is 0 Å². The maximum absolute atomic E-state index is 5.72. The van der Waals surface area contributed by atoms with E-state index in [4.69, 9.17) is 5.84 Å². The summed E-state index contributed by atoms with van der Waals surface area (Å²) in [6.45, 7) is 0. The van der Waals surface area contributed by atoms with Crippen LogP contribution in [0.5, 0.6) is 0 Å². The van der Waals surface area contributed by atoms with Crippen molar-refractivity contribution in [3.05, 3.63) is 65.3 Å². The second kappa shape index (κ2) is 6.13. The summed E-state index contributed by atoms with van der Waals surface area (Å²) in [6.07, 6.45) is 5.48. The Morgan fingerprint density at radius 2 is 1.90 bits per heavy atom. The van der Waals surface area contributed by atoms with Gasteiger partial charge in [-0.15, -0.1) is 11.3 Å². The quantitative estimate of drug-likeness (QED) is 0.559. The number of pyridine rings is 1. The number of aromatic nitrogens is 1. The molecule has 0 saturated carbocycles. The van der Waals surface area contributed by atoms with Gasteiger partial charge in [-0.1, -0.05) is 18.2 Å². The highest BCUT2D eigenvalue weighted by Gasteiger charge is 2.12. The SMILES string of the molecule is NNC(Cc1ccncc1)Cc1csc2ccccc12. The van der Waals surface area contributed by atoms with E-state index in [9.17, 15) is 0 Å². The van der Waals surface area contributed by atoms with Crippen LogP contribution in [-0.4, -0.2) is 11.0 Å². The Kier molecular flexibility index (Phi) is 4.06. The van der Waals surface area contributed by atoms with Gasteiger partial charge in [0.1, 0.15) is 0 Å². The Labute approximate surface area is 122 Å². The number of nitrogens with zero attached hydrogens (tertiary/aromatic N) is 1. The summed E-state index contributed by atoms with van der Waals surface area (Å²) in [7, 11) is 0. The van der Waals surface area contributed by atoms with Crippen molar-refractivity contribution in [1.29, 1.82) is 0 Å². The van der Waals surface area contributed by atoms with Crippen LogP contribution < -0.4 is 11.3 Å². The number of hydrogen-bond acceptors (Lipinski definition) is 4. The molecule has 0 aliphatic carbocycles. The number of hydrazine groups is 1. The number of rotatable bonds is 5. The fraction of sp³-hybridized carbons (Fsp3) is 0.188. The topological polar surface area (TPSA) is 50.9 Å². The smallest absolute Gasteiger partial charge is 0.0345 e. The number of thiophene rings is 1.